The van der Waals surface area contributed by atoms with Gasteiger partial charge in [0.2, 0.25) is 0 Å². The number of hydrogen-bond donors (Lipinski definition) is 0. The van der Waals surface area contributed by atoms with Crippen molar-refractivity contribution in [1.29, 1.82) is 0 Å². The van der Waals surface area contributed by atoms with Crippen LogP contribution in [0.5, 0.6) is 0 Å². The van der Waals surface area contributed by atoms with Gasteiger partial charge in [-0.2, -0.15) is 23.5 Å². The third kappa shape index (κ3) is 44.2. The fourth-order valence-corrected chi connectivity index (χ4v) is 13.2. The molecule has 0 amide bonds. The molecule has 2 saturated heterocycles. The third-order valence-electron chi connectivity index (χ3n) is 16.2. The molecule has 71 heavy (non-hydrogen) atoms. The topological polar surface area (TPSA) is 36.9 Å². The van der Waals surface area contributed by atoms with Crippen LogP contribution >= 0.6 is 23.5 Å². The summed E-state index contributed by atoms with van der Waals surface area (Å²) in [7, 11) is 0. The fraction of sp³-hybridized carbons (Fsp3) is 1.00. The summed E-state index contributed by atoms with van der Waals surface area (Å²) in [6, 6.07) is 0. The molecule has 2 unspecified atom stereocenters. The highest BCUT2D eigenvalue weighted by atomic mass is 32.2. The Balaban J connectivity index is 1.26. The van der Waals surface area contributed by atoms with Crippen LogP contribution in [0.1, 0.15) is 349 Å². The van der Waals surface area contributed by atoms with Gasteiger partial charge >= 0.3 is 0 Å². The number of hydrogen-bond acceptors (Lipinski definition) is 6. The van der Waals surface area contributed by atoms with Gasteiger partial charge in [-0.1, -0.05) is 323 Å². The average molecular weight is 1040 g/mol. The molecular weight excluding hydrogens is 909 g/mol. The normalized spacial score (nSPS) is 19.3. The van der Waals surface area contributed by atoms with Crippen LogP contribution in [0.3, 0.4) is 0 Å². The first kappa shape index (κ1) is 67.6. The molecule has 0 aromatic rings. The van der Waals surface area contributed by atoms with Crippen molar-refractivity contribution in [3.8, 4) is 0 Å². The lowest BCUT2D eigenvalue weighted by Crippen LogP contribution is -2.52. The van der Waals surface area contributed by atoms with Crippen LogP contribution in [0, 0.1) is 5.41 Å². The second kappa shape index (κ2) is 52.6. The van der Waals surface area contributed by atoms with Crippen LogP contribution in [0.2, 0.25) is 0 Å². The van der Waals surface area contributed by atoms with E-state index >= 15 is 0 Å². The van der Waals surface area contributed by atoms with Gasteiger partial charge in [0.05, 0.1) is 31.8 Å². The SMILES string of the molecule is CCCCCCCCCCCCCCCCCCCCCCCCCCSC(C)CC1OCC2(CO1)COC(CC(C)SCCCCCCCCCCCCCCCCCCCCCCCCCC)OC2. The molecule has 0 aromatic carbocycles. The summed E-state index contributed by atoms with van der Waals surface area (Å²) in [6.07, 6.45) is 71.4. The standard InChI is InChI=1S/C65H128O4S2/c1-5-7-9-11-13-15-17-19-21-23-25-27-29-31-33-35-37-39-41-43-45-47-49-51-53-70-61(3)55-63-66-57-65(58-67-63)59-68-64(69-60-65)56-62(4)71-54-52-50-48-46-44-42-40-38-36-34-32-30-28-26-24-22-20-18-16-14-12-10-8-6-2/h61-64H,5-60H2,1-4H3. The maximum atomic E-state index is 6.28. The fourth-order valence-electron chi connectivity index (χ4n) is 11.1. The van der Waals surface area contributed by atoms with Crippen molar-refractivity contribution in [3.63, 3.8) is 0 Å². The molecule has 0 aliphatic carbocycles. The Morgan fingerprint density at radius 2 is 0.451 bits per heavy atom. The molecule has 6 heteroatoms. The van der Waals surface area contributed by atoms with Crippen molar-refractivity contribution in [1.82, 2.24) is 0 Å². The quantitative estimate of drug-likeness (QED) is 0.0565. The zero-order valence-electron chi connectivity index (χ0n) is 48.9. The second-order valence-electron chi connectivity index (χ2n) is 23.7. The molecule has 2 aliphatic rings. The summed E-state index contributed by atoms with van der Waals surface area (Å²) in [5.41, 5.74) is -0.142. The van der Waals surface area contributed by atoms with Gasteiger partial charge in [0.1, 0.15) is 0 Å². The van der Waals surface area contributed by atoms with Crippen molar-refractivity contribution in [2.45, 2.75) is 372 Å². The maximum absolute atomic E-state index is 6.28. The van der Waals surface area contributed by atoms with Crippen molar-refractivity contribution in [3.05, 3.63) is 0 Å². The molecule has 1 spiro atoms. The number of thioether (sulfide) groups is 2. The van der Waals surface area contributed by atoms with Crippen LogP contribution in [-0.4, -0.2) is 61.0 Å². The molecule has 2 rings (SSSR count). The van der Waals surface area contributed by atoms with Gasteiger partial charge < -0.3 is 18.9 Å². The number of rotatable bonds is 56. The Kier molecular flexibility index (Phi) is 50.1. The van der Waals surface area contributed by atoms with Crippen molar-refractivity contribution >= 4 is 23.5 Å². The molecule has 424 valence electrons. The van der Waals surface area contributed by atoms with E-state index in [9.17, 15) is 0 Å². The van der Waals surface area contributed by atoms with E-state index in [1.165, 1.54) is 320 Å². The predicted octanol–water partition coefficient (Wildman–Crippen LogP) is 22.5. The molecule has 2 atom stereocenters. The molecule has 0 N–H and O–H groups in total. The monoisotopic (exact) mass is 1040 g/mol. The van der Waals surface area contributed by atoms with Gasteiger partial charge in [-0.15, -0.1) is 0 Å². The lowest BCUT2D eigenvalue weighted by molar-refractivity contribution is -0.303. The minimum Gasteiger partial charge on any atom is -0.352 e. The van der Waals surface area contributed by atoms with E-state index < -0.39 is 0 Å². The molecule has 0 saturated carbocycles. The third-order valence-corrected chi connectivity index (χ3v) is 18.7. The second-order valence-corrected chi connectivity index (χ2v) is 26.8. The van der Waals surface area contributed by atoms with Crippen LogP contribution in [-0.2, 0) is 18.9 Å². The van der Waals surface area contributed by atoms with E-state index in [-0.39, 0.29) is 18.0 Å². The average Bonchev–Trinajstić information content (AvgIpc) is 3.37. The predicted molar refractivity (Wildman–Crippen MR) is 320 cm³/mol. The van der Waals surface area contributed by atoms with Gasteiger partial charge in [-0.25, -0.2) is 0 Å². The minimum atomic E-state index is -0.142. The summed E-state index contributed by atoms with van der Waals surface area (Å²) >= 11 is 4.21. The van der Waals surface area contributed by atoms with E-state index in [2.05, 4.69) is 51.2 Å². The first-order valence-electron chi connectivity index (χ1n) is 32.8. The highest BCUT2D eigenvalue weighted by Crippen LogP contribution is 2.34. The van der Waals surface area contributed by atoms with Crippen molar-refractivity contribution < 1.29 is 18.9 Å². The van der Waals surface area contributed by atoms with Gasteiger partial charge in [-0.3, -0.25) is 0 Å². The van der Waals surface area contributed by atoms with Crippen molar-refractivity contribution in [2.24, 2.45) is 5.41 Å². The molecule has 0 aromatic heterocycles. The van der Waals surface area contributed by atoms with E-state index in [0.717, 1.165) is 12.8 Å². The van der Waals surface area contributed by atoms with Crippen LogP contribution < -0.4 is 0 Å². The maximum Gasteiger partial charge on any atom is 0.158 e. The van der Waals surface area contributed by atoms with Gasteiger partial charge in [0.25, 0.3) is 0 Å². The van der Waals surface area contributed by atoms with E-state index in [1.54, 1.807) is 0 Å². The molecule has 2 aliphatic heterocycles. The Morgan fingerprint density at radius 1 is 0.282 bits per heavy atom. The van der Waals surface area contributed by atoms with Crippen LogP contribution in [0.4, 0.5) is 0 Å². The Bertz CT molecular complexity index is 945. The van der Waals surface area contributed by atoms with Crippen molar-refractivity contribution in [2.75, 3.05) is 37.9 Å². The zero-order chi connectivity index (χ0) is 50.7. The van der Waals surface area contributed by atoms with Crippen LogP contribution in [0.25, 0.3) is 0 Å². The molecule has 0 bridgehead atoms. The Morgan fingerprint density at radius 3 is 0.634 bits per heavy atom. The molecule has 2 fully saturated rings. The summed E-state index contributed by atoms with van der Waals surface area (Å²) in [6.45, 7) is 12.1. The summed E-state index contributed by atoms with van der Waals surface area (Å²) in [5.74, 6) is 2.52. The first-order valence-corrected chi connectivity index (χ1v) is 34.9. The van der Waals surface area contributed by atoms with E-state index in [4.69, 9.17) is 18.9 Å². The highest BCUT2D eigenvalue weighted by Gasteiger charge is 2.42. The van der Waals surface area contributed by atoms with E-state index in [1.807, 2.05) is 0 Å². The minimum absolute atomic E-state index is 0.0880. The summed E-state index contributed by atoms with van der Waals surface area (Å²) in [5, 5.41) is 1.13. The largest absolute Gasteiger partial charge is 0.352 e. The first-order chi connectivity index (χ1) is 35.1. The highest BCUT2D eigenvalue weighted by molar-refractivity contribution is 8.00. The molecular formula is C65H128O4S2. The summed E-state index contributed by atoms with van der Waals surface area (Å²) < 4.78 is 25.1. The molecule has 0 radical (unpaired) electrons. The van der Waals surface area contributed by atoms with Gasteiger partial charge in [0, 0.05) is 23.3 Å². The lowest BCUT2D eigenvalue weighted by Gasteiger charge is -2.44. The Hall–Kier alpha value is 0.540. The number of ether oxygens (including phenoxy) is 4. The molecule has 4 nitrogen and oxygen atoms in total. The van der Waals surface area contributed by atoms with Gasteiger partial charge in [-0.05, 0) is 24.3 Å². The summed E-state index contributed by atoms with van der Waals surface area (Å²) in [4.78, 5) is 0. The lowest BCUT2D eigenvalue weighted by atomic mass is 9.90. The Labute approximate surface area is 455 Å². The zero-order valence-corrected chi connectivity index (χ0v) is 50.5. The van der Waals surface area contributed by atoms with E-state index in [0.29, 0.717) is 36.9 Å². The smallest absolute Gasteiger partial charge is 0.158 e. The molecule has 2 heterocycles. The van der Waals surface area contributed by atoms with Gasteiger partial charge in [0.15, 0.2) is 12.6 Å². The van der Waals surface area contributed by atoms with Crippen LogP contribution in [0.15, 0.2) is 0 Å². The number of unbranched alkanes of at least 4 members (excludes halogenated alkanes) is 46.